The SMILES string of the molecule is CCCCCCCCCCCCCCCCCCCC/C=C/CC/C=C/CC/C=C/C(O)C(COC1OC(CO)C(OC2OC(CO)C(OC3OC(CO)C(O)C(O)C3O)C(O)C2O)C(O)C1O)NC(=O)CCCCCCC. The van der Waals surface area contributed by atoms with Crippen LogP contribution in [0.3, 0.4) is 0 Å². The highest BCUT2D eigenvalue weighted by atomic mass is 16.8. The number of carbonyl (C=O) groups is 1. The van der Waals surface area contributed by atoms with Crippen molar-refractivity contribution in [2.45, 2.75) is 304 Å². The van der Waals surface area contributed by atoms with Gasteiger partial charge < -0.3 is 89.9 Å². The zero-order chi connectivity index (χ0) is 56.9. The molecule has 17 atom stereocenters. The zero-order valence-electron chi connectivity index (χ0n) is 47.4. The van der Waals surface area contributed by atoms with E-state index in [1.54, 1.807) is 6.08 Å². The van der Waals surface area contributed by atoms with Crippen LogP contribution in [-0.4, -0.2) is 193 Å². The van der Waals surface area contributed by atoms with Crippen LogP contribution in [0.5, 0.6) is 0 Å². The van der Waals surface area contributed by atoms with Gasteiger partial charge in [-0.1, -0.05) is 185 Å². The van der Waals surface area contributed by atoms with Crippen LogP contribution in [0.4, 0.5) is 0 Å². The summed E-state index contributed by atoms with van der Waals surface area (Å²) in [5.41, 5.74) is 0. The average molecular weight is 1120 g/mol. The first-order valence-corrected chi connectivity index (χ1v) is 30.2. The van der Waals surface area contributed by atoms with E-state index in [9.17, 15) is 61.0 Å². The number of hydrogen-bond donors (Lipinski definition) is 12. The first-order valence-electron chi connectivity index (χ1n) is 30.2. The largest absolute Gasteiger partial charge is 0.394 e. The van der Waals surface area contributed by atoms with Crippen LogP contribution >= 0.6 is 0 Å². The number of nitrogens with one attached hydrogen (secondary N) is 1. The van der Waals surface area contributed by atoms with E-state index in [1.807, 2.05) is 6.08 Å². The standard InChI is InChI=1S/C59H107NO18/c1-3-5-7-9-10-11-12-13-14-15-16-17-18-19-20-21-22-23-24-25-26-27-28-29-30-31-33-34-36-43(64)42(60-47(65)37-35-32-8-6-4-2)41-73-57-53(71)50(68)55(45(39-62)75-57)78-59-54(72)51(69)56(46(40-63)76-59)77-58-52(70)49(67)48(66)44(38-61)74-58/h25-26,29-30,34,36,42-46,48-59,61-64,66-72H,3-24,27-28,31-33,35,37-41H2,1-2H3,(H,60,65)/b26-25+,30-29+,36-34+. The Balaban J connectivity index is 1.40. The molecule has 0 aromatic carbocycles. The molecule has 456 valence electrons. The fourth-order valence-electron chi connectivity index (χ4n) is 10.2. The van der Waals surface area contributed by atoms with Crippen molar-refractivity contribution in [2.24, 2.45) is 0 Å². The molecule has 0 radical (unpaired) electrons. The molecule has 3 fully saturated rings. The van der Waals surface area contributed by atoms with Gasteiger partial charge in [-0.2, -0.15) is 0 Å². The van der Waals surface area contributed by atoms with E-state index in [0.717, 1.165) is 51.4 Å². The Kier molecular flexibility index (Phi) is 38.5. The summed E-state index contributed by atoms with van der Waals surface area (Å²) in [5.74, 6) is -0.304. The lowest BCUT2D eigenvalue weighted by Crippen LogP contribution is -2.66. The van der Waals surface area contributed by atoms with E-state index in [-0.39, 0.29) is 18.9 Å². The molecule has 3 aliphatic heterocycles. The van der Waals surface area contributed by atoms with E-state index in [1.165, 1.54) is 116 Å². The van der Waals surface area contributed by atoms with Gasteiger partial charge in [-0.05, 0) is 44.9 Å². The summed E-state index contributed by atoms with van der Waals surface area (Å²) >= 11 is 0. The molecule has 0 bridgehead atoms. The lowest BCUT2D eigenvalue weighted by Gasteiger charge is -2.48. The number of aliphatic hydroxyl groups excluding tert-OH is 11. The van der Waals surface area contributed by atoms with Gasteiger partial charge in [0.05, 0.1) is 38.6 Å². The first kappa shape index (κ1) is 70.3. The number of hydrogen-bond acceptors (Lipinski definition) is 18. The Bertz CT molecular complexity index is 1570. The molecule has 3 heterocycles. The molecule has 0 aliphatic carbocycles. The third-order valence-electron chi connectivity index (χ3n) is 15.2. The van der Waals surface area contributed by atoms with Crippen LogP contribution in [0.25, 0.3) is 0 Å². The van der Waals surface area contributed by atoms with Gasteiger partial charge in [-0.25, -0.2) is 0 Å². The molecule has 1 amide bonds. The quantitative estimate of drug-likeness (QED) is 0.0271. The number of unbranched alkanes of at least 4 members (excludes halogenated alkanes) is 24. The second-order valence-corrected chi connectivity index (χ2v) is 21.8. The van der Waals surface area contributed by atoms with Gasteiger partial charge >= 0.3 is 0 Å². The Morgan fingerprint density at radius 1 is 0.449 bits per heavy atom. The molecule has 3 saturated heterocycles. The summed E-state index contributed by atoms with van der Waals surface area (Å²) in [6.45, 7) is 1.58. The van der Waals surface area contributed by atoms with Gasteiger partial charge in [-0.15, -0.1) is 0 Å². The summed E-state index contributed by atoms with van der Waals surface area (Å²) in [4.78, 5) is 13.1. The van der Waals surface area contributed by atoms with Gasteiger partial charge in [-0.3, -0.25) is 4.79 Å². The number of amides is 1. The molecule has 19 nitrogen and oxygen atoms in total. The lowest BCUT2D eigenvalue weighted by molar-refractivity contribution is -0.379. The summed E-state index contributed by atoms with van der Waals surface area (Å²) in [7, 11) is 0. The summed E-state index contributed by atoms with van der Waals surface area (Å²) in [5, 5.41) is 119. The summed E-state index contributed by atoms with van der Waals surface area (Å²) in [6, 6.07) is -0.990. The Hall–Kier alpha value is -1.99. The maximum absolute atomic E-state index is 13.1. The lowest BCUT2D eigenvalue weighted by atomic mass is 9.96. The highest BCUT2D eigenvalue weighted by Crippen LogP contribution is 2.33. The summed E-state index contributed by atoms with van der Waals surface area (Å²) in [6.07, 6.45) is 19.4. The van der Waals surface area contributed by atoms with Crippen LogP contribution in [0.1, 0.15) is 200 Å². The molecule has 0 saturated carbocycles. The van der Waals surface area contributed by atoms with Gasteiger partial charge in [0.2, 0.25) is 5.91 Å². The number of aliphatic hydroxyl groups is 11. The van der Waals surface area contributed by atoms with Crippen LogP contribution in [-0.2, 0) is 33.2 Å². The molecule has 17 unspecified atom stereocenters. The normalized spacial score (nSPS) is 30.7. The Morgan fingerprint density at radius 3 is 1.28 bits per heavy atom. The minimum absolute atomic E-state index is 0.227. The van der Waals surface area contributed by atoms with Crippen molar-refractivity contribution >= 4 is 5.91 Å². The van der Waals surface area contributed by atoms with Gasteiger partial charge in [0.1, 0.15) is 73.2 Å². The van der Waals surface area contributed by atoms with Crippen molar-refractivity contribution < 1.29 is 89.4 Å². The van der Waals surface area contributed by atoms with Crippen molar-refractivity contribution in [1.29, 1.82) is 0 Å². The highest BCUT2D eigenvalue weighted by Gasteiger charge is 2.53. The first-order chi connectivity index (χ1) is 37.8. The average Bonchev–Trinajstić information content (AvgIpc) is 3.45. The molecular formula is C59H107NO18. The van der Waals surface area contributed by atoms with Crippen molar-refractivity contribution in [1.82, 2.24) is 5.32 Å². The van der Waals surface area contributed by atoms with E-state index < -0.39 is 124 Å². The number of allylic oxidation sites excluding steroid dienone is 5. The highest BCUT2D eigenvalue weighted by molar-refractivity contribution is 5.76. The fourth-order valence-corrected chi connectivity index (χ4v) is 10.2. The van der Waals surface area contributed by atoms with E-state index in [2.05, 4.69) is 43.5 Å². The van der Waals surface area contributed by atoms with Gasteiger partial charge in [0.25, 0.3) is 0 Å². The maximum Gasteiger partial charge on any atom is 0.220 e. The zero-order valence-corrected chi connectivity index (χ0v) is 47.4. The molecular weight excluding hydrogens is 1010 g/mol. The van der Waals surface area contributed by atoms with Crippen molar-refractivity contribution in [2.75, 3.05) is 26.4 Å². The molecule has 0 aromatic heterocycles. The maximum atomic E-state index is 13.1. The van der Waals surface area contributed by atoms with Crippen LogP contribution in [0, 0.1) is 0 Å². The summed E-state index contributed by atoms with van der Waals surface area (Å²) < 4.78 is 34.0. The monoisotopic (exact) mass is 1120 g/mol. The molecule has 0 spiro atoms. The molecule has 3 aliphatic rings. The third kappa shape index (κ3) is 26.5. The molecule has 19 heteroatoms. The molecule has 0 aromatic rings. The van der Waals surface area contributed by atoms with E-state index in [4.69, 9.17) is 28.4 Å². The number of carbonyl (C=O) groups excluding carboxylic acids is 1. The Labute approximate surface area is 466 Å². The number of rotatable bonds is 44. The van der Waals surface area contributed by atoms with Crippen molar-refractivity contribution in [3.8, 4) is 0 Å². The van der Waals surface area contributed by atoms with Crippen LogP contribution in [0.2, 0.25) is 0 Å². The minimum Gasteiger partial charge on any atom is -0.394 e. The van der Waals surface area contributed by atoms with E-state index in [0.29, 0.717) is 12.8 Å². The minimum atomic E-state index is -1.98. The number of ether oxygens (including phenoxy) is 6. The second kappa shape index (κ2) is 42.8. The third-order valence-corrected chi connectivity index (χ3v) is 15.2. The Morgan fingerprint density at radius 2 is 0.821 bits per heavy atom. The van der Waals surface area contributed by atoms with E-state index >= 15 is 0 Å². The van der Waals surface area contributed by atoms with Crippen LogP contribution < -0.4 is 5.32 Å². The van der Waals surface area contributed by atoms with Crippen LogP contribution in [0.15, 0.2) is 36.5 Å². The molecule has 78 heavy (non-hydrogen) atoms. The predicted octanol–water partition coefficient (Wildman–Crippen LogP) is 5.32. The van der Waals surface area contributed by atoms with Crippen molar-refractivity contribution in [3.63, 3.8) is 0 Å². The van der Waals surface area contributed by atoms with Gasteiger partial charge in [0.15, 0.2) is 18.9 Å². The molecule has 12 N–H and O–H groups in total. The molecule has 3 rings (SSSR count). The second-order valence-electron chi connectivity index (χ2n) is 21.8. The smallest absolute Gasteiger partial charge is 0.220 e. The predicted molar refractivity (Wildman–Crippen MR) is 296 cm³/mol. The van der Waals surface area contributed by atoms with Crippen molar-refractivity contribution in [3.05, 3.63) is 36.5 Å². The topological polar surface area (TPSA) is 307 Å². The van der Waals surface area contributed by atoms with Gasteiger partial charge in [0, 0.05) is 6.42 Å². The fraction of sp³-hybridized carbons (Fsp3) is 0.881.